The average Bonchev–Trinajstić information content (AvgIpc) is 2.37. The molecule has 1 saturated carbocycles. The van der Waals surface area contributed by atoms with Crippen molar-refractivity contribution >= 4 is 17.6 Å². The molecule has 0 aromatic heterocycles. The van der Waals surface area contributed by atoms with Crippen LogP contribution in [0.1, 0.15) is 25.7 Å². The normalized spacial score (nSPS) is 22.3. The number of benzene rings is 1. The lowest BCUT2D eigenvalue weighted by molar-refractivity contribution is -0.147. The number of nitrogens with one attached hydrogen (secondary N) is 1. The Labute approximate surface area is 114 Å². The zero-order valence-electron chi connectivity index (χ0n) is 10.7. The Kier molecular flexibility index (Phi) is 4.32. The van der Waals surface area contributed by atoms with Gasteiger partial charge in [0.1, 0.15) is 11.6 Å². The van der Waals surface area contributed by atoms with Gasteiger partial charge < -0.3 is 10.4 Å². The fourth-order valence-electron chi connectivity index (χ4n) is 2.60. The lowest BCUT2D eigenvalue weighted by Crippen LogP contribution is -2.36. The fraction of sp³-hybridized carbons (Fsp3) is 0.429. The third-order valence-electron chi connectivity index (χ3n) is 3.55. The van der Waals surface area contributed by atoms with E-state index in [1.54, 1.807) is 0 Å². The summed E-state index contributed by atoms with van der Waals surface area (Å²) in [5, 5.41) is 11.5. The molecule has 1 amide bonds. The van der Waals surface area contributed by atoms with Crippen molar-refractivity contribution in [2.75, 3.05) is 5.32 Å². The topological polar surface area (TPSA) is 66.4 Å². The van der Waals surface area contributed by atoms with Gasteiger partial charge in [-0.25, -0.2) is 8.78 Å². The van der Waals surface area contributed by atoms with Crippen LogP contribution < -0.4 is 5.32 Å². The molecule has 0 radical (unpaired) electrons. The molecule has 2 N–H and O–H groups in total. The van der Waals surface area contributed by atoms with Gasteiger partial charge in [0.05, 0.1) is 11.8 Å². The van der Waals surface area contributed by atoms with Crippen LogP contribution >= 0.6 is 0 Å². The third kappa shape index (κ3) is 3.31. The maximum atomic E-state index is 13.0. The quantitative estimate of drug-likeness (QED) is 0.896. The Hall–Kier alpha value is -1.98. The Morgan fingerprint density at radius 3 is 2.15 bits per heavy atom. The van der Waals surface area contributed by atoms with E-state index in [0.717, 1.165) is 25.0 Å². The molecule has 2 atom stereocenters. The highest BCUT2D eigenvalue weighted by atomic mass is 19.1. The summed E-state index contributed by atoms with van der Waals surface area (Å²) in [7, 11) is 0. The van der Waals surface area contributed by atoms with Gasteiger partial charge in [-0.15, -0.1) is 0 Å². The van der Waals surface area contributed by atoms with Crippen LogP contribution in [0.25, 0.3) is 0 Å². The van der Waals surface area contributed by atoms with Gasteiger partial charge in [0.2, 0.25) is 5.91 Å². The zero-order chi connectivity index (χ0) is 14.7. The number of anilines is 1. The Bertz CT molecular complexity index is 513. The van der Waals surface area contributed by atoms with E-state index < -0.39 is 35.3 Å². The Morgan fingerprint density at radius 2 is 1.60 bits per heavy atom. The van der Waals surface area contributed by atoms with Gasteiger partial charge in [0.15, 0.2) is 0 Å². The van der Waals surface area contributed by atoms with Crippen molar-refractivity contribution in [2.24, 2.45) is 11.8 Å². The molecule has 1 aromatic rings. The summed E-state index contributed by atoms with van der Waals surface area (Å²) >= 11 is 0. The van der Waals surface area contributed by atoms with Crippen LogP contribution in [0.15, 0.2) is 18.2 Å². The number of hydrogen-bond acceptors (Lipinski definition) is 2. The van der Waals surface area contributed by atoms with E-state index in [1.165, 1.54) is 0 Å². The van der Waals surface area contributed by atoms with E-state index in [1.807, 2.05) is 0 Å². The van der Waals surface area contributed by atoms with Crippen LogP contribution in [0.3, 0.4) is 0 Å². The van der Waals surface area contributed by atoms with Gasteiger partial charge in [0, 0.05) is 11.8 Å². The molecule has 20 heavy (non-hydrogen) atoms. The maximum Gasteiger partial charge on any atom is 0.307 e. The van der Waals surface area contributed by atoms with Crippen molar-refractivity contribution in [2.45, 2.75) is 25.7 Å². The van der Waals surface area contributed by atoms with E-state index in [9.17, 15) is 18.4 Å². The second-order valence-corrected chi connectivity index (χ2v) is 4.98. The number of rotatable bonds is 3. The number of carbonyl (C=O) groups is 2. The number of carboxylic acids is 1. The van der Waals surface area contributed by atoms with Crippen molar-refractivity contribution < 1.29 is 23.5 Å². The minimum absolute atomic E-state index is 0.00205. The van der Waals surface area contributed by atoms with Gasteiger partial charge in [-0.2, -0.15) is 0 Å². The van der Waals surface area contributed by atoms with Crippen LogP contribution in [-0.2, 0) is 9.59 Å². The van der Waals surface area contributed by atoms with E-state index in [2.05, 4.69) is 5.32 Å². The first-order valence-corrected chi connectivity index (χ1v) is 6.47. The summed E-state index contributed by atoms with van der Waals surface area (Å²) in [6, 6.07) is 2.70. The molecule has 1 fully saturated rings. The largest absolute Gasteiger partial charge is 0.481 e. The molecule has 1 aliphatic rings. The third-order valence-corrected chi connectivity index (χ3v) is 3.55. The van der Waals surface area contributed by atoms with E-state index in [4.69, 9.17) is 5.11 Å². The summed E-state index contributed by atoms with van der Waals surface area (Å²) in [5.74, 6) is -4.48. The molecule has 2 rings (SSSR count). The van der Waals surface area contributed by atoms with Gasteiger partial charge >= 0.3 is 5.97 Å². The van der Waals surface area contributed by atoms with Crippen molar-refractivity contribution in [3.63, 3.8) is 0 Å². The number of halogens is 2. The highest BCUT2D eigenvalue weighted by Gasteiger charge is 2.35. The maximum absolute atomic E-state index is 13.0. The van der Waals surface area contributed by atoms with Gasteiger partial charge in [-0.05, 0) is 25.0 Å². The van der Waals surface area contributed by atoms with Crippen LogP contribution in [0.5, 0.6) is 0 Å². The van der Waals surface area contributed by atoms with E-state index in [0.29, 0.717) is 18.9 Å². The molecule has 6 heteroatoms. The molecular formula is C14H15F2NO3. The molecule has 1 aromatic carbocycles. The molecule has 0 saturated heterocycles. The van der Waals surface area contributed by atoms with Crippen LogP contribution in [0, 0.1) is 23.5 Å². The lowest BCUT2D eigenvalue weighted by Gasteiger charge is -2.27. The summed E-state index contributed by atoms with van der Waals surface area (Å²) < 4.78 is 26.1. The SMILES string of the molecule is O=C(Nc1cc(F)cc(F)c1)[C@H]1CCCC[C@H]1C(=O)O. The number of hydrogen-bond donors (Lipinski definition) is 2. The smallest absolute Gasteiger partial charge is 0.307 e. The first kappa shape index (κ1) is 14.4. The number of carboxylic acid groups (broad SMARTS) is 1. The first-order valence-electron chi connectivity index (χ1n) is 6.47. The number of carbonyl (C=O) groups excluding carboxylic acids is 1. The standard InChI is InChI=1S/C14H15F2NO3/c15-8-5-9(16)7-10(6-8)17-13(18)11-3-1-2-4-12(11)14(19)20/h5-7,11-12H,1-4H2,(H,17,18)(H,19,20)/t11-,12+/m0/s1. The Morgan fingerprint density at radius 1 is 1.05 bits per heavy atom. The summed E-state index contributed by atoms with van der Waals surface area (Å²) in [6.07, 6.45) is 2.47. The second-order valence-electron chi connectivity index (χ2n) is 4.98. The molecule has 0 unspecified atom stereocenters. The molecule has 1 aliphatic carbocycles. The van der Waals surface area contributed by atoms with Gasteiger partial charge in [0.25, 0.3) is 0 Å². The van der Waals surface area contributed by atoms with Crippen molar-refractivity contribution in [1.82, 2.24) is 0 Å². The minimum Gasteiger partial charge on any atom is -0.481 e. The first-order chi connectivity index (χ1) is 9.47. The van der Waals surface area contributed by atoms with Crippen LogP contribution in [0.4, 0.5) is 14.5 Å². The minimum atomic E-state index is -1.00. The monoisotopic (exact) mass is 283 g/mol. The second kappa shape index (κ2) is 5.98. The summed E-state index contributed by atoms with van der Waals surface area (Å²) in [4.78, 5) is 23.2. The molecule has 4 nitrogen and oxygen atoms in total. The molecule has 0 heterocycles. The highest BCUT2D eigenvalue weighted by Crippen LogP contribution is 2.31. The van der Waals surface area contributed by atoms with Gasteiger partial charge in [-0.1, -0.05) is 12.8 Å². The van der Waals surface area contributed by atoms with Crippen LogP contribution in [0.2, 0.25) is 0 Å². The predicted molar refractivity (Wildman–Crippen MR) is 68.1 cm³/mol. The fourth-order valence-corrected chi connectivity index (χ4v) is 2.60. The van der Waals surface area contributed by atoms with E-state index in [-0.39, 0.29) is 5.69 Å². The van der Waals surface area contributed by atoms with Crippen molar-refractivity contribution in [3.8, 4) is 0 Å². The summed E-state index contributed by atoms with van der Waals surface area (Å²) in [6.45, 7) is 0. The predicted octanol–water partition coefficient (Wildman–Crippen LogP) is 2.79. The highest BCUT2D eigenvalue weighted by molar-refractivity contribution is 5.95. The number of aliphatic carboxylic acids is 1. The summed E-state index contributed by atoms with van der Waals surface area (Å²) in [5.41, 5.74) is 0.00205. The average molecular weight is 283 g/mol. The van der Waals surface area contributed by atoms with Crippen LogP contribution in [-0.4, -0.2) is 17.0 Å². The van der Waals surface area contributed by atoms with Crippen molar-refractivity contribution in [3.05, 3.63) is 29.8 Å². The molecule has 0 aliphatic heterocycles. The number of amides is 1. The lowest BCUT2D eigenvalue weighted by atomic mass is 9.78. The van der Waals surface area contributed by atoms with Gasteiger partial charge in [-0.3, -0.25) is 9.59 Å². The van der Waals surface area contributed by atoms with E-state index >= 15 is 0 Å². The molecule has 108 valence electrons. The van der Waals surface area contributed by atoms with Crippen molar-refractivity contribution in [1.29, 1.82) is 0 Å². The molecule has 0 spiro atoms. The zero-order valence-corrected chi connectivity index (χ0v) is 10.7. The molecule has 0 bridgehead atoms. The molecular weight excluding hydrogens is 268 g/mol. The Balaban J connectivity index is 2.11.